The topological polar surface area (TPSA) is 17.1 Å². The van der Waals surface area contributed by atoms with Crippen LogP contribution in [0, 0.1) is 19.8 Å². The minimum Gasteiger partial charge on any atom is -0.294 e. The van der Waals surface area contributed by atoms with E-state index < -0.39 is 0 Å². The summed E-state index contributed by atoms with van der Waals surface area (Å²) in [6, 6.07) is 3.78. The van der Waals surface area contributed by atoms with Crippen molar-refractivity contribution in [2.45, 2.75) is 40.5 Å². The molecular formula is C14H19ClO. The molecule has 0 aromatic heterocycles. The highest BCUT2D eigenvalue weighted by atomic mass is 35.5. The predicted octanol–water partition coefficient (Wildman–Crippen LogP) is 4.58. The van der Waals surface area contributed by atoms with Gasteiger partial charge >= 0.3 is 0 Å². The van der Waals surface area contributed by atoms with Gasteiger partial charge in [0.1, 0.15) is 0 Å². The minimum absolute atomic E-state index is 0.228. The molecule has 0 aliphatic carbocycles. The van der Waals surface area contributed by atoms with Crippen molar-refractivity contribution < 1.29 is 4.79 Å². The Morgan fingerprint density at radius 1 is 1.31 bits per heavy atom. The maximum Gasteiger partial charge on any atom is 0.163 e. The third-order valence-corrected chi connectivity index (χ3v) is 3.44. The standard InChI is InChI=1S/C14H19ClO/c1-5-9(2)6-14(16)12-7-11(4)13(15)8-10(12)3/h7-9H,5-6H2,1-4H3. The Morgan fingerprint density at radius 3 is 2.50 bits per heavy atom. The second-order valence-corrected chi connectivity index (χ2v) is 4.96. The lowest BCUT2D eigenvalue weighted by molar-refractivity contribution is 0.0963. The zero-order chi connectivity index (χ0) is 12.3. The van der Waals surface area contributed by atoms with Gasteiger partial charge in [-0.15, -0.1) is 0 Å². The molecule has 0 aliphatic heterocycles. The molecule has 1 unspecified atom stereocenters. The average molecular weight is 239 g/mol. The molecule has 0 N–H and O–H groups in total. The molecule has 0 saturated carbocycles. The van der Waals surface area contributed by atoms with E-state index >= 15 is 0 Å². The first-order chi connectivity index (χ1) is 7.45. The second kappa shape index (κ2) is 5.49. The summed E-state index contributed by atoms with van der Waals surface area (Å²) in [5.41, 5.74) is 2.77. The monoisotopic (exact) mass is 238 g/mol. The number of hydrogen-bond donors (Lipinski definition) is 0. The lowest BCUT2D eigenvalue weighted by atomic mass is 9.94. The van der Waals surface area contributed by atoms with E-state index in [-0.39, 0.29) is 5.78 Å². The summed E-state index contributed by atoms with van der Waals surface area (Å²) in [5.74, 6) is 0.675. The van der Waals surface area contributed by atoms with Crippen LogP contribution < -0.4 is 0 Å². The molecule has 0 fully saturated rings. The summed E-state index contributed by atoms with van der Waals surface area (Å²) in [7, 11) is 0. The van der Waals surface area contributed by atoms with Gasteiger partial charge in [0.15, 0.2) is 5.78 Å². The van der Waals surface area contributed by atoms with Crippen LogP contribution in [0.4, 0.5) is 0 Å². The van der Waals surface area contributed by atoms with Crippen LogP contribution in [-0.2, 0) is 0 Å². The highest BCUT2D eigenvalue weighted by Gasteiger charge is 2.13. The largest absolute Gasteiger partial charge is 0.294 e. The van der Waals surface area contributed by atoms with E-state index in [9.17, 15) is 4.79 Å². The first kappa shape index (κ1) is 13.2. The summed E-state index contributed by atoms with van der Waals surface area (Å²) >= 11 is 6.01. The van der Waals surface area contributed by atoms with E-state index in [0.717, 1.165) is 28.1 Å². The molecule has 1 atom stereocenters. The van der Waals surface area contributed by atoms with Crippen LogP contribution in [0.15, 0.2) is 12.1 Å². The number of carbonyl (C=O) groups excluding carboxylic acids is 1. The fourth-order valence-electron chi connectivity index (χ4n) is 1.65. The zero-order valence-corrected chi connectivity index (χ0v) is 11.2. The van der Waals surface area contributed by atoms with Crippen LogP contribution in [0.5, 0.6) is 0 Å². The Balaban J connectivity index is 2.96. The van der Waals surface area contributed by atoms with Crippen LogP contribution >= 0.6 is 11.6 Å². The summed E-state index contributed by atoms with van der Waals surface area (Å²) in [6.45, 7) is 8.09. The number of benzene rings is 1. The second-order valence-electron chi connectivity index (χ2n) is 4.56. The van der Waals surface area contributed by atoms with Gasteiger partial charge in [-0.1, -0.05) is 31.9 Å². The fourth-order valence-corrected chi connectivity index (χ4v) is 1.87. The molecule has 0 spiro atoms. The summed E-state index contributed by atoms with van der Waals surface area (Å²) < 4.78 is 0. The Morgan fingerprint density at radius 2 is 1.94 bits per heavy atom. The third kappa shape index (κ3) is 3.08. The normalized spacial score (nSPS) is 12.6. The first-order valence-electron chi connectivity index (χ1n) is 5.75. The molecular weight excluding hydrogens is 220 g/mol. The number of carbonyl (C=O) groups is 1. The first-order valence-corrected chi connectivity index (χ1v) is 6.13. The van der Waals surface area contributed by atoms with Crippen LogP contribution in [0.3, 0.4) is 0 Å². The van der Waals surface area contributed by atoms with E-state index in [4.69, 9.17) is 11.6 Å². The lowest BCUT2D eigenvalue weighted by Gasteiger charge is -2.11. The smallest absolute Gasteiger partial charge is 0.163 e. The maximum atomic E-state index is 12.1. The molecule has 0 amide bonds. The quantitative estimate of drug-likeness (QED) is 0.702. The van der Waals surface area contributed by atoms with Gasteiger partial charge in [-0.3, -0.25) is 4.79 Å². The summed E-state index contributed by atoms with van der Waals surface area (Å²) in [4.78, 5) is 12.1. The molecule has 1 rings (SSSR count). The number of hydrogen-bond acceptors (Lipinski definition) is 1. The van der Waals surface area contributed by atoms with Crippen molar-refractivity contribution in [1.82, 2.24) is 0 Å². The van der Waals surface area contributed by atoms with E-state index in [0.29, 0.717) is 12.3 Å². The zero-order valence-electron chi connectivity index (χ0n) is 10.4. The van der Waals surface area contributed by atoms with E-state index in [1.807, 2.05) is 26.0 Å². The molecule has 1 nitrogen and oxygen atoms in total. The molecule has 0 heterocycles. The van der Waals surface area contributed by atoms with Gasteiger partial charge in [-0.2, -0.15) is 0 Å². The summed E-state index contributed by atoms with van der Waals surface area (Å²) in [6.07, 6.45) is 1.66. The van der Waals surface area contributed by atoms with Crippen molar-refractivity contribution in [2.24, 2.45) is 5.92 Å². The maximum absolute atomic E-state index is 12.1. The van der Waals surface area contributed by atoms with Gasteiger partial charge in [0.2, 0.25) is 0 Å². The van der Waals surface area contributed by atoms with Crippen molar-refractivity contribution in [3.05, 3.63) is 33.8 Å². The van der Waals surface area contributed by atoms with Crippen LogP contribution in [0.2, 0.25) is 5.02 Å². The van der Waals surface area contributed by atoms with Crippen molar-refractivity contribution in [3.63, 3.8) is 0 Å². The molecule has 0 saturated heterocycles. The number of ketones is 1. The number of halogens is 1. The molecule has 0 bridgehead atoms. The van der Waals surface area contributed by atoms with E-state index in [1.165, 1.54) is 0 Å². The van der Waals surface area contributed by atoms with Crippen LogP contribution in [0.1, 0.15) is 48.2 Å². The number of aryl methyl sites for hydroxylation is 2. The highest BCUT2D eigenvalue weighted by Crippen LogP contribution is 2.22. The molecule has 2 heteroatoms. The fraction of sp³-hybridized carbons (Fsp3) is 0.500. The van der Waals surface area contributed by atoms with Crippen molar-refractivity contribution in [2.75, 3.05) is 0 Å². The summed E-state index contributed by atoms with van der Waals surface area (Å²) in [5, 5.41) is 0.734. The minimum atomic E-state index is 0.228. The van der Waals surface area contributed by atoms with E-state index in [2.05, 4.69) is 13.8 Å². The van der Waals surface area contributed by atoms with Crippen molar-refractivity contribution in [3.8, 4) is 0 Å². The van der Waals surface area contributed by atoms with Crippen molar-refractivity contribution in [1.29, 1.82) is 0 Å². The van der Waals surface area contributed by atoms with Gasteiger partial charge in [0, 0.05) is 17.0 Å². The van der Waals surface area contributed by atoms with Gasteiger partial charge in [-0.25, -0.2) is 0 Å². The van der Waals surface area contributed by atoms with Gasteiger partial charge < -0.3 is 0 Å². The Labute approximate surface area is 103 Å². The van der Waals surface area contributed by atoms with Crippen LogP contribution in [0.25, 0.3) is 0 Å². The Kier molecular flexibility index (Phi) is 4.55. The highest BCUT2D eigenvalue weighted by molar-refractivity contribution is 6.31. The Bertz CT molecular complexity index is 396. The Hall–Kier alpha value is -0.820. The molecule has 16 heavy (non-hydrogen) atoms. The average Bonchev–Trinajstić information content (AvgIpc) is 2.23. The van der Waals surface area contributed by atoms with E-state index in [1.54, 1.807) is 0 Å². The number of Topliss-reactive ketones (excluding diaryl/α,β-unsaturated/α-hetero) is 1. The predicted molar refractivity (Wildman–Crippen MR) is 69.3 cm³/mol. The third-order valence-electron chi connectivity index (χ3n) is 3.04. The van der Waals surface area contributed by atoms with Gasteiger partial charge in [0.25, 0.3) is 0 Å². The molecule has 88 valence electrons. The molecule has 0 aliphatic rings. The molecule has 0 radical (unpaired) electrons. The van der Waals surface area contributed by atoms with Crippen molar-refractivity contribution >= 4 is 17.4 Å². The SMILES string of the molecule is CCC(C)CC(=O)c1cc(C)c(Cl)cc1C. The van der Waals surface area contributed by atoms with Gasteiger partial charge in [0.05, 0.1) is 0 Å². The molecule has 1 aromatic carbocycles. The van der Waals surface area contributed by atoms with Gasteiger partial charge in [-0.05, 0) is 43.0 Å². The molecule has 1 aromatic rings. The lowest BCUT2D eigenvalue weighted by Crippen LogP contribution is -2.07. The number of rotatable bonds is 4. The van der Waals surface area contributed by atoms with Crippen LogP contribution in [-0.4, -0.2) is 5.78 Å².